The predicted molar refractivity (Wildman–Crippen MR) is 111 cm³/mol. The molecule has 0 bridgehead atoms. The van der Waals surface area contributed by atoms with E-state index in [4.69, 9.17) is 9.47 Å². The third kappa shape index (κ3) is 7.29. The van der Waals surface area contributed by atoms with Gasteiger partial charge in [-0.25, -0.2) is 4.98 Å². The van der Waals surface area contributed by atoms with Crippen LogP contribution in [0.5, 0.6) is 0 Å². The maximum Gasteiger partial charge on any atom is 0.269 e. The first-order chi connectivity index (χ1) is 14.1. The number of hydrogen-bond acceptors (Lipinski definition) is 5. The van der Waals surface area contributed by atoms with Crippen molar-refractivity contribution in [3.8, 4) is 0 Å². The van der Waals surface area contributed by atoms with Gasteiger partial charge in [0.15, 0.2) is 6.29 Å². The third-order valence-corrected chi connectivity index (χ3v) is 4.20. The highest BCUT2D eigenvalue weighted by molar-refractivity contribution is 5.98. The van der Waals surface area contributed by atoms with Gasteiger partial charge in [-0.15, -0.1) is 0 Å². The summed E-state index contributed by atoms with van der Waals surface area (Å²) in [6, 6.07) is 13.0. The van der Waals surface area contributed by atoms with Gasteiger partial charge in [-0.1, -0.05) is 30.3 Å². The molecule has 0 saturated carbocycles. The van der Waals surface area contributed by atoms with Crippen LogP contribution in [0.4, 0.5) is 0 Å². The maximum atomic E-state index is 12.7. The van der Waals surface area contributed by atoms with E-state index in [0.717, 1.165) is 5.56 Å². The molecular formula is C22H29N3O4. The first kappa shape index (κ1) is 22.5. The van der Waals surface area contributed by atoms with Crippen LogP contribution in [-0.2, 0) is 15.9 Å². The van der Waals surface area contributed by atoms with E-state index < -0.39 is 0 Å². The van der Waals surface area contributed by atoms with Crippen LogP contribution in [-0.4, -0.2) is 49.9 Å². The number of amides is 2. The summed E-state index contributed by atoms with van der Waals surface area (Å²) >= 11 is 0. The van der Waals surface area contributed by atoms with E-state index in [1.807, 2.05) is 44.2 Å². The summed E-state index contributed by atoms with van der Waals surface area (Å²) in [5.41, 5.74) is 2.32. The molecule has 0 fully saturated rings. The maximum absolute atomic E-state index is 12.7. The zero-order valence-corrected chi connectivity index (χ0v) is 17.2. The Hall–Kier alpha value is -2.77. The molecule has 2 aromatic rings. The molecule has 7 heteroatoms. The van der Waals surface area contributed by atoms with Gasteiger partial charge in [0.05, 0.1) is 0 Å². The van der Waals surface area contributed by atoms with Crippen molar-refractivity contribution in [3.63, 3.8) is 0 Å². The summed E-state index contributed by atoms with van der Waals surface area (Å²) < 4.78 is 11.0. The van der Waals surface area contributed by atoms with Crippen molar-refractivity contribution in [1.29, 1.82) is 0 Å². The third-order valence-electron chi connectivity index (χ3n) is 4.20. The molecule has 0 saturated heterocycles. The molecule has 1 aromatic heterocycles. The Bertz CT molecular complexity index is 790. The molecular weight excluding hydrogens is 370 g/mol. The molecule has 0 aliphatic heterocycles. The van der Waals surface area contributed by atoms with E-state index in [9.17, 15) is 9.59 Å². The highest BCUT2D eigenvalue weighted by Gasteiger charge is 2.15. The fraction of sp³-hybridized carbons (Fsp3) is 0.409. The minimum Gasteiger partial charge on any atom is -0.354 e. The van der Waals surface area contributed by atoms with Crippen LogP contribution in [0.2, 0.25) is 0 Å². The molecule has 29 heavy (non-hydrogen) atoms. The molecule has 2 rings (SSSR count). The SMILES string of the molecule is CCOC(CCNC(=O)c1cc(Cc2ccccc2)nc(C(=O)NC)c1)OCC. The number of carbonyl (C=O) groups is 2. The van der Waals surface area contributed by atoms with E-state index >= 15 is 0 Å². The second-order valence-corrected chi connectivity index (χ2v) is 6.36. The zero-order chi connectivity index (χ0) is 21.1. The molecule has 1 heterocycles. The smallest absolute Gasteiger partial charge is 0.269 e. The Kier molecular flexibility index (Phi) is 9.27. The first-order valence-electron chi connectivity index (χ1n) is 9.85. The average molecular weight is 399 g/mol. The van der Waals surface area contributed by atoms with Crippen molar-refractivity contribution in [2.45, 2.75) is 33.0 Å². The van der Waals surface area contributed by atoms with Gasteiger partial charge in [0.2, 0.25) is 0 Å². The zero-order valence-electron chi connectivity index (χ0n) is 17.2. The van der Waals surface area contributed by atoms with Gasteiger partial charge >= 0.3 is 0 Å². The predicted octanol–water partition coefficient (Wildman–Crippen LogP) is 2.55. The van der Waals surface area contributed by atoms with Crippen molar-refractivity contribution in [1.82, 2.24) is 15.6 Å². The molecule has 0 spiro atoms. The summed E-state index contributed by atoms with van der Waals surface area (Å²) in [4.78, 5) is 29.2. The molecule has 2 amide bonds. The number of carbonyl (C=O) groups excluding carboxylic acids is 2. The van der Waals surface area contributed by atoms with Gasteiger partial charge in [0.1, 0.15) is 5.69 Å². The topological polar surface area (TPSA) is 89.5 Å². The monoisotopic (exact) mass is 399 g/mol. The second kappa shape index (κ2) is 11.9. The summed E-state index contributed by atoms with van der Waals surface area (Å²) in [6.45, 7) is 5.28. The fourth-order valence-corrected chi connectivity index (χ4v) is 2.85. The van der Waals surface area contributed by atoms with Gasteiger partial charge < -0.3 is 20.1 Å². The Balaban J connectivity index is 2.11. The Morgan fingerprint density at radius 3 is 2.34 bits per heavy atom. The summed E-state index contributed by atoms with van der Waals surface area (Å²) in [5.74, 6) is -0.597. The molecule has 7 nitrogen and oxygen atoms in total. The van der Waals surface area contributed by atoms with Crippen LogP contribution in [0.3, 0.4) is 0 Å². The van der Waals surface area contributed by atoms with Crippen LogP contribution < -0.4 is 10.6 Å². The van der Waals surface area contributed by atoms with Crippen molar-refractivity contribution in [2.75, 3.05) is 26.8 Å². The van der Waals surface area contributed by atoms with Gasteiger partial charge in [-0.2, -0.15) is 0 Å². The normalized spacial score (nSPS) is 10.8. The van der Waals surface area contributed by atoms with Crippen molar-refractivity contribution in [2.24, 2.45) is 0 Å². The lowest BCUT2D eigenvalue weighted by Crippen LogP contribution is -2.30. The molecule has 0 unspecified atom stereocenters. The standard InChI is InChI=1S/C22H29N3O4/c1-4-28-20(29-5-2)11-12-24-21(26)17-14-18(13-16-9-7-6-8-10-16)25-19(15-17)22(27)23-3/h6-10,14-15,20H,4-5,11-13H2,1-3H3,(H,23,27)(H,24,26). The van der Waals surface area contributed by atoms with Crippen molar-refractivity contribution in [3.05, 3.63) is 65.0 Å². The van der Waals surface area contributed by atoms with Crippen LogP contribution in [0.1, 0.15) is 52.4 Å². The van der Waals surface area contributed by atoms with E-state index in [2.05, 4.69) is 15.6 Å². The quantitative estimate of drug-likeness (QED) is 0.567. The number of ether oxygens (including phenoxy) is 2. The van der Waals surface area contributed by atoms with Gasteiger partial charge in [-0.3, -0.25) is 9.59 Å². The van der Waals surface area contributed by atoms with Gasteiger partial charge in [0.25, 0.3) is 11.8 Å². The minimum absolute atomic E-state index is 0.215. The number of aromatic nitrogens is 1. The van der Waals surface area contributed by atoms with Crippen LogP contribution in [0.15, 0.2) is 42.5 Å². The lowest BCUT2D eigenvalue weighted by atomic mass is 10.1. The Morgan fingerprint density at radius 2 is 1.72 bits per heavy atom. The van der Waals surface area contributed by atoms with Gasteiger partial charge in [0, 0.05) is 50.9 Å². The first-order valence-corrected chi connectivity index (χ1v) is 9.85. The number of pyridine rings is 1. The average Bonchev–Trinajstić information content (AvgIpc) is 2.74. The Labute approximate surface area is 171 Å². The number of rotatable bonds is 11. The number of benzene rings is 1. The molecule has 1 aromatic carbocycles. The molecule has 0 atom stereocenters. The second-order valence-electron chi connectivity index (χ2n) is 6.36. The Morgan fingerprint density at radius 1 is 1.03 bits per heavy atom. The highest BCUT2D eigenvalue weighted by Crippen LogP contribution is 2.12. The van der Waals surface area contributed by atoms with Crippen molar-refractivity contribution < 1.29 is 19.1 Å². The van der Waals surface area contributed by atoms with Crippen LogP contribution >= 0.6 is 0 Å². The molecule has 0 radical (unpaired) electrons. The lowest BCUT2D eigenvalue weighted by Gasteiger charge is -2.17. The van der Waals surface area contributed by atoms with Crippen LogP contribution in [0.25, 0.3) is 0 Å². The summed E-state index contributed by atoms with van der Waals surface area (Å²) in [6.07, 6.45) is 0.721. The van der Waals surface area contributed by atoms with Crippen LogP contribution in [0, 0.1) is 0 Å². The lowest BCUT2D eigenvalue weighted by molar-refractivity contribution is -0.138. The fourth-order valence-electron chi connectivity index (χ4n) is 2.85. The highest BCUT2D eigenvalue weighted by atomic mass is 16.7. The molecule has 156 valence electrons. The number of nitrogens with one attached hydrogen (secondary N) is 2. The molecule has 0 aliphatic rings. The number of hydrogen-bond donors (Lipinski definition) is 2. The minimum atomic E-state index is -0.349. The molecule has 0 aliphatic carbocycles. The number of nitrogens with zero attached hydrogens (tertiary/aromatic N) is 1. The van der Waals surface area contributed by atoms with Gasteiger partial charge in [-0.05, 0) is 31.5 Å². The van der Waals surface area contributed by atoms with Crippen molar-refractivity contribution >= 4 is 11.8 Å². The summed E-state index contributed by atoms with van der Waals surface area (Å²) in [7, 11) is 1.54. The van der Waals surface area contributed by atoms with E-state index in [0.29, 0.717) is 43.9 Å². The summed E-state index contributed by atoms with van der Waals surface area (Å²) in [5, 5.41) is 5.42. The van der Waals surface area contributed by atoms with E-state index in [-0.39, 0.29) is 23.8 Å². The molecule has 2 N–H and O–H groups in total. The largest absolute Gasteiger partial charge is 0.354 e. The van der Waals surface area contributed by atoms with E-state index in [1.165, 1.54) is 13.1 Å². The van der Waals surface area contributed by atoms with E-state index in [1.54, 1.807) is 6.07 Å².